The Balaban J connectivity index is 0.000000806. The summed E-state index contributed by atoms with van der Waals surface area (Å²) in [7, 11) is 2.33. The van der Waals surface area contributed by atoms with Crippen molar-refractivity contribution in [3.8, 4) is 11.5 Å². The maximum absolute atomic E-state index is 13.2. The molecule has 4 rings (SSSR count). The smallest absolute Gasteiger partial charge is 0.290 e. The van der Waals surface area contributed by atoms with Gasteiger partial charge in [0.1, 0.15) is 13.2 Å². The predicted octanol–water partition coefficient (Wildman–Crippen LogP) is 1.13. The molecule has 4 atom stereocenters. The van der Waals surface area contributed by atoms with Gasteiger partial charge in [-0.15, -0.1) is 0 Å². The Morgan fingerprint density at radius 1 is 1.13 bits per heavy atom. The summed E-state index contributed by atoms with van der Waals surface area (Å²) >= 11 is 0. The van der Waals surface area contributed by atoms with Gasteiger partial charge in [-0.3, -0.25) is 4.79 Å². The number of likely N-dealkylation sites (N-methyl/N-ethyl adjacent to an activating group) is 1. The topological polar surface area (TPSA) is 106 Å². The molecule has 10 heteroatoms. The molecule has 1 saturated heterocycles. The highest BCUT2D eigenvalue weighted by Crippen LogP contribution is 2.41. The average molecular weight is 443 g/mol. The van der Waals surface area contributed by atoms with E-state index in [1.165, 1.54) is 0 Å². The number of benzene rings is 1. The summed E-state index contributed by atoms with van der Waals surface area (Å²) in [5.41, 5.74) is 0. The van der Waals surface area contributed by atoms with Crippen molar-refractivity contribution in [2.24, 2.45) is 11.8 Å². The van der Waals surface area contributed by atoms with E-state index in [4.69, 9.17) is 24.1 Å². The first-order valence-corrected chi connectivity index (χ1v) is 11.4. The Morgan fingerprint density at radius 3 is 2.33 bits per heavy atom. The minimum Gasteiger partial charge on any atom is -0.486 e. The van der Waals surface area contributed by atoms with Crippen LogP contribution in [0.3, 0.4) is 0 Å². The van der Waals surface area contributed by atoms with Gasteiger partial charge in [0.15, 0.2) is 11.5 Å². The highest BCUT2D eigenvalue weighted by atomic mass is 32.2. The number of hydrogen-bond acceptors (Lipinski definition) is 7. The van der Waals surface area contributed by atoms with Gasteiger partial charge in [0.25, 0.3) is 6.47 Å². The number of ether oxygens (including phenoxy) is 3. The minimum absolute atomic E-state index is 0.151. The first-order chi connectivity index (χ1) is 14.3. The summed E-state index contributed by atoms with van der Waals surface area (Å²) in [6, 6.07) is 5.22. The van der Waals surface area contributed by atoms with Crippen LogP contribution in [0.1, 0.15) is 12.8 Å². The van der Waals surface area contributed by atoms with Gasteiger partial charge in [-0.25, -0.2) is 8.42 Å². The van der Waals surface area contributed by atoms with Crippen LogP contribution < -0.4 is 9.47 Å². The number of nitrogens with zero attached hydrogens (tertiary/aromatic N) is 2. The summed E-state index contributed by atoms with van der Waals surface area (Å²) in [5.74, 6) is 1.83. The Labute approximate surface area is 177 Å². The molecule has 2 heterocycles. The molecule has 30 heavy (non-hydrogen) atoms. The third kappa shape index (κ3) is 4.56. The second-order valence-electron chi connectivity index (χ2n) is 8.03. The predicted molar refractivity (Wildman–Crippen MR) is 109 cm³/mol. The normalized spacial score (nSPS) is 28.4. The number of sulfonamides is 1. The summed E-state index contributed by atoms with van der Waals surface area (Å²) in [6.07, 6.45) is 2.01. The highest BCUT2D eigenvalue weighted by molar-refractivity contribution is 7.89. The molecule has 168 valence electrons. The number of carboxylic acid groups (broad SMARTS) is 1. The second kappa shape index (κ2) is 9.51. The van der Waals surface area contributed by atoms with Crippen LogP contribution >= 0.6 is 0 Å². The molecule has 3 aliphatic rings. The van der Waals surface area contributed by atoms with E-state index in [-0.39, 0.29) is 17.5 Å². The van der Waals surface area contributed by atoms with Crippen molar-refractivity contribution in [2.75, 3.05) is 47.5 Å². The first-order valence-electron chi connectivity index (χ1n) is 9.98. The summed E-state index contributed by atoms with van der Waals surface area (Å²) in [5, 5.41) is 6.89. The molecule has 0 bridgehead atoms. The molecule has 0 unspecified atom stereocenters. The van der Waals surface area contributed by atoms with Crippen molar-refractivity contribution in [1.29, 1.82) is 0 Å². The molecule has 2 aliphatic heterocycles. The number of carbonyl (C=O) groups is 1. The lowest BCUT2D eigenvalue weighted by atomic mass is 9.77. The van der Waals surface area contributed by atoms with Gasteiger partial charge in [-0.2, -0.15) is 4.31 Å². The fourth-order valence-electron chi connectivity index (χ4n) is 4.67. The third-order valence-electron chi connectivity index (χ3n) is 6.17. The summed E-state index contributed by atoms with van der Waals surface area (Å²) in [6.45, 7) is 1.81. The van der Waals surface area contributed by atoms with E-state index in [2.05, 4.69) is 19.0 Å². The van der Waals surface area contributed by atoms with E-state index < -0.39 is 10.0 Å². The average Bonchev–Trinajstić information content (AvgIpc) is 3.17. The van der Waals surface area contributed by atoms with E-state index >= 15 is 0 Å². The van der Waals surface area contributed by atoms with Crippen molar-refractivity contribution >= 4 is 16.5 Å². The van der Waals surface area contributed by atoms with Crippen LogP contribution in [0.2, 0.25) is 0 Å². The summed E-state index contributed by atoms with van der Waals surface area (Å²) < 4.78 is 44.8. The van der Waals surface area contributed by atoms with Gasteiger partial charge in [0.05, 0.1) is 11.0 Å². The van der Waals surface area contributed by atoms with Gasteiger partial charge in [-0.05, 0) is 50.9 Å². The zero-order chi connectivity index (χ0) is 21.9. The van der Waals surface area contributed by atoms with E-state index in [0.29, 0.717) is 55.7 Å². The maximum Gasteiger partial charge on any atom is 0.290 e. The van der Waals surface area contributed by atoms with Crippen molar-refractivity contribution in [3.63, 3.8) is 0 Å². The Morgan fingerprint density at radius 2 is 1.73 bits per heavy atom. The lowest BCUT2D eigenvalue weighted by Crippen LogP contribution is -2.47. The summed E-state index contributed by atoms with van der Waals surface area (Å²) in [4.78, 5) is 10.8. The maximum atomic E-state index is 13.2. The van der Waals surface area contributed by atoms with Crippen LogP contribution in [0.4, 0.5) is 0 Å². The Hall–Kier alpha value is -1.88. The van der Waals surface area contributed by atoms with Crippen molar-refractivity contribution in [1.82, 2.24) is 9.21 Å². The van der Waals surface area contributed by atoms with E-state index in [1.54, 1.807) is 29.6 Å². The fourth-order valence-corrected chi connectivity index (χ4v) is 6.24. The molecule has 2 fully saturated rings. The largest absolute Gasteiger partial charge is 0.486 e. The molecular weight excluding hydrogens is 412 g/mol. The van der Waals surface area contributed by atoms with Gasteiger partial charge in [0.2, 0.25) is 10.0 Å². The van der Waals surface area contributed by atoms with Gasteiger partial charge in [-0.1, -0.05) is 0 Å². The molecule has 0 radical (unpaired) electrons. The molecule has 1 N–H and O–H groups in total. The quantitative estimate of drug-likeness (QED) is 0.692. The first kappa shape index (κ1) is 22.8. The molecule has 1 aromatic carbocycles. The lowest BCUT2D eigenvalue weighted by Gasteiger charge is -2.40. The molecule has 1 saturated carbocycles. The number of rotatable bonds is 4. The number of hydrogen-bond donors (Lipinski definition) is 1. The molecule has 9 nitrogen and oxygen atoms in total. The van der Waals surface area contributed by atoms with Gasteiger partial charge in [0, 0.05) is 32.3 Å². The van der Waals surface area contributed by atoms with E-state index in [0.717, 1.165) is 12.8 Å². The number of methoxy groups -OCH3 is 1. The molecular formula is C20H30N2O7S. The van der Waals surface area contributed by atoms with E-state index in [9.17, 15) is 8.42 Å². The van der Waals surface area contributed by atoms with Crippen LogP contribution in [0.5, 0.6) is 11.5 Å². The molecule has 1 aliphatic carbocycles. The van der Waals surface area contributed by atoms with Gasteiger partial charge >= 0.3 is 0 Å². The van der Waals surface area contributed by atoms with Crippen molar-refractivity contribution in [3.05, 3.63) is 18.2 Å². The van der Waals surface area contributed by atoms with Crippen LogP contribution in [0.25, 0.3) is 0 Å². The van der Waals surface area contributed by atoms with Crippen molar-refractivity contribution < 1.29 is 32.5 Å². The van der Waals surface area contributed by atoms with Crippen LogP contribution in [-0.4, -0.2) is 88.9 Å². The monoisotopic (exact) mass is 442 g/mol. The Kier molecular flexibility index (Phi) is 7.22. The highest BCUT2D eigenvalue weighted by Gasteiger charge is 2.46. The SMILES string of the molecule is CO[C@@H]1C[C@H]2CN(S(=O)(=O)c3ccc4c(c3)OCCO4)C[C@H]2C[C@H]1N(C)C.O=CO. The molecule has 0 amide bonds. The zero-order valence-electron chi connectivity index (χ0n) is 17.6. The standard InChI is InChI=1S/C19H28N2O5S.CH2O2/c1-20(2)16-8-13-11-21(12-14(13)9-18(16)24-3)27(22,23)15-4-5-17-19(10-15)26-7-6-25-17;2-1-3/h4-5,10,13-14,16,18H,6-9,11-12H2,1-3H3;1H,(H,2,3)/t13-,14+,16-,18-;/m1./s1. The Bertz CT molecular complexity index is 846. The third-order valence-corrected chi connectivity index (χ3v) is 8.00. The van der Waals surface area contributed by atoms with Crippen LogP contribution in [0.15, 0.2) is 23.1 Å². The lowest BCUT2D eigenvalue weighted by molar-refractivity contribution is -0.122. The van der Waals surface area contributed by atoms with Crippen LogP contribution in [0, 0.1) is 11.8 Å². The van der Waals surface area contributed by atoms with Gasteiger partial charge < -0.3 is 24.2 Å². The zero-order valence-corrected chi connectivity index (χ0v) is 18.4. The molecule has 0 aromatic heterocycles. The second-order valence-corrected chi connectivity index (χ2v) is 9.97. The van der Waals surface area contributed by atoms with Crippen molar-refractivity contribution in [2.45, 2.75) is 29.9 Å². The molecule has 1 aromatic rings. The van der Waals surface area contributed by atoms with Crippen LogP contribution in [-0.2, 0) is 19.6 Å². The fraction of sp³-hybridized carbons (Fsp3) is 0.650. The number of fused-ring (bicyclic) bond motifs is 2. The minimum atomic E-state index is -3.55. The van der Waals surface area contributed by atoms with E-state index in [1.807, 2.05) is 0 Å². The molecule has 0 spiro atoms.